The van der Waals surface area contributed by atoms with Crippen LogP contribution < -0.4 is 10.6 Å². The Morgan fingerprint density at radius 1 is 1.38 bits per heavy atom. The van der Waals surface area contributed by atoms with Gasteiger partial charge in [0.2, 0.25) is 0 Å². The smallest absolute Gasteiger partial charge is 0.151 e. The van der Waals surface area contributed by atoms with Crippen LogP contribution in [0.4, 0.5) is 5.82 Å². The molecular weight excluding hydrogens is 204 g/mol. The van der Waals surface area contributed by atoms with Gasteiger partial charge in [-0.2, -0.15) is 0 Å². The molecule has 1 rings (SSSR count). The van der Waals surface area contributed by atoms with E-state index in [-0.39, 0.29) is 0 Å². The number of rotatable bonds is 6. The third-order valence-corrected chi connectivity index (χ3v) is 2.38. The van der Waals surface area contributed by atoms with Crippen molar-refractivity contribution in [1.29, 1.82) is 0 Å². The van der Waals surface area contributed by atoms with Gasteiger partial charge in [0.05, 0.1) is 12.3 Å². The minimum absolute atomic E-state index is 0.345. The highest BCUT2D eigenvalue weighted by Crippen LogP contribution is 2.16. The number of aromatic nitrogens is 2. The molecule has 0 atom stereocenters. The van der Waals surface area contributed by atoms with Gasteiger partial charge in [0.1, 0.15) is 0 Å². The van der Waals surface area contributed by atoms with Crippen LogP contribution in [0.5, 0.6) is 0 Å². The summed E-state index contributed by atoms with van der Waals surface area (Å²) < 4.78 is 5.10. The molecule has 0 saturated heterocycles. The van der Waals surface area contributed by atoms with Gasteiger partial charge < -0.3 is 15.4 Å². The number of nitrogens with two attached hydrogens (primary N) is 1. The van der Waals surface area contributed by atoms with E-state index in [0.29, 0.717) is 19.2 Å². The summed E-state index contributed by atoms with van der Waals surface area (Å²) in [5, 5.41) is 0. The SMILES string of the molecule is COCCN(c1nccnc1CN)C(C)C. The lowest BCUT2D eigenvalue weighted by Crippen LogP contribution is -2.35. The van der Waals surface area contributed by atoms with Crippen molar-refractivity contribution in [3.05, 3.63) is 18.1 Å². The van der Waals surface area contributed by atoms with Crippen molar-refractivity contribution in [2.75, 3.05) is 25.2 Å². The van der Waals surface area contributed by atoms with Crippen molar-refractivity contribution in [1.82, 2.24) is 9.97 Å². The van der Waals surface area contributed by atoms with Gasteiger partial charge in [0.15, 0.2) is 5.82 Å². The summed E-state index contributed by atoms with van der Waals surface area (Å²) in [6.07, 6.45) is 3.36. The van der Waals surface area contributed by atoms with E-state index >= 15 is 0 Å². The number of ether oxygens (including phenoxy) is 1. The fourth-order valence-electron chi connectivity index (χ4n) is 1.54. The van der Waals surface area contributed by atoms with Gasteiger partial charge in [-0.15, -0.1) is 0 Å². The molecule has 0 aromatic carbocycles. The highest BCUT2D eigenvalue weighted by atomic mass is 16.5. The van der Waals surface area contributed by atoms with E-state index in [9.17, 15) is 0 Å². The molecule has 0 aliphatic carbocycles. The topological polar surface area (TPSA) is 64.3 Å². The fraction of sp³-hybridized carbons (Fsp3) is 0.636. The Morgan fingerprint density at radius 3 is 2.62 bits per heavy atom. The van der Waals surface area contributed by atoms with E-state index in [1.54, 1.807) is 19.5 Å². The maximum atomic E-state index is 5.66. The average molecular weight is 224 g/mol. The van der Waals surface area contributed by atoms with Crippen molar-refractivity contribution >= 4 is 5.82 Å². The van der Waals surface area contributed by atoms with Gasteiger partial charge in [-0.05, 0) is 13.8 Å². The number of hydrogen-bond acceptors (Lipinski definition) is 5. The van der Waals surface area contributed by atoms with Gasteiger partial charge >= 0.3 is 0 Å². The molecule has 0 fully saturated rings. The van der Waals surface area contributed by atoms with Crippen LogP contribution in [0.2, 0.25) is 0 Å². The zero-order chi connectivity index (χ0) is 12.0. The van der Waals surface area contributed by atoms with E-state index in [1.165, 1.54) is 0 Å². The molecule has 0 aliphatic heterocycles. The molecule has 0 spiro atoms. The first kappa shape index (κ1) is 12.9. The molecule has 1 heterocycles. The first-order chi connectivity index (χ1) is 7.70. The standard InChI is InChI=1S/C11H20N4O/c1-9(2)15(6-7-16-3)11-10(8-12)13-4-5-14-11/h4-5,9H,6-8,12H2,1-3H3. The molecular formula is C11H20N4O. The summed E-state index contributed by atoms with van der Waals surface area (Å²) in [6.45, 7) is 6.09. The molecule has 90 valence electrons. The summed E-state index contributed by atoms with van der Waals surface area (Å²) in [6, 6.07) is 0.345. The Labute approximate surface area is 96.6 Å². The van der Waals surface area contributed by atoms with Gasteiger partial charge in [0.25, 0.3) is 0 Å². The van der Waals surface area contributed by atoms with E-state index in [0.717, 1.165) is 18.1 Å². The molecule has 0 aliphatic rings. The third kappa shape index (κ3) is 3.15. The second kappa shape index (κ2) is 6.40. The second-order valence-electron chi connectivity index (χ2n) is 3.81. The van der Waals surface area contributed by atoms with Crippen LogP contribution in [0.3, 0.4) is 0 Å². The predicted octanol–water partition coefficient (Wildman–Crippen LogP) is 0.797. The minimum atomic E-state index is 0.345. The van der Waals surface area contributed by atoms with E-state index < -0.39 is 0 Å². The maximum Gasteiger partial charge on any atom is 0.151 e. The summed E-state index contributed by atoms with van der Waals surface area (Å²) in [7, 11) is 1.69. The second-order valence-corrected chi connectivity index (χ2v) is 3.81. The Morgan fingerprint density at radius 2 is 2.06 bits per heavy atom. The van der Waals surface area contributed by atoms with Crippen molar-refractivity contribution in [3.63, 3.8) is 0 Å². The molecule has 0 radical (unpaired) electrons. The molecule has 16 heavy (non-hydrogen) atoms. The lowest BCUT2D eigenvalue weighted by atomic mass is 10.2. The Bertz CT molecular complexity index is 317. The van der Waals surface area contributed by atoms with Crippen LogP contribution in [0.25, 0.3) is 0 Å². The quantitative estimate of drug-likeness (QED) is 0.774. The highest BCUT2D eigenvalue weighted by Gasteiger charge is 2.15. The van der Waals surface area contributed by atoms with Crippen molar-refractivity contribution < 1.29 is 4.74 Å². The lowest BCUT2D eigenvalue weighted by molar-refractivity contribution is 0.203. The molecule has 5 heteroatoms. The van der Waals surface area contributed by atoms with Crippen molar-refractivity contribution in [2.24, 2.45) is 5.73 Å². The average Bonchev–Trinajstić information content (AvgIpc) is 2.29. The molecule has 5 nitrogen and oxygen atoms in total. The number of hydrogen-bond donors (Lipinski definition) is 1. The molecule has 1 aromatic rings. The van der Waals surface area contributed by atoms with Crippen LogP contribution in [0.1, 0.15) is 19.5 Å². The van der Waals surface area contributed by atoms with E-state index in [4.69, 9.17) is 10.5 Å². The lowest BCUT2D eigenvalue weighted by Gasteiger charge is -2.28. The van der Waals surface area contributed by atoms with Gasteiger partial charge in [-0.1, -0.05) is 0 Å². The molecule has 0 bridgehead atoms. The summed E-state index contributed by atoms with van der Waals surface area (Å²) in [5.41, 5.74) is 6.48. The van der Waals surface area contributed by atoms with E-state index in [2.05, 4.69) is 28.7 Å². The van der Waals surface area contributed by atoms with Gasteiger partial charge in [-0.3, -0.25) is 4.98 Å². The third-order valence-electron chi connectivity index (χ3n) is 2.38. The van der Waals surface area contributed by atoms with E-state index in [1.807, 2.05) is 0 Å². The van der Waals surface area contributed by atoms with Gasteiger partial charge in [0, 0.05) is 38.6 Å². The van der Waals surface area contributed by atoms with Crippen LogP contribution in [-0.2, 0) is 11.3 Å². The molecule has 0 amide bonds. The summed E-state index contributed by atoms with van der Waals surface area (Å²) in [5.74, 6) is 0.858. The monoisotopic (exact) mass is 224 g/mol. The highest BCUT2D eigenvalue weighted by molar-refractivity contribution is 5.43. The molecule has 2 N–H and O–H groups in total. The largest absolute Gasteiger partial charge is 0.383 e. The van der Waals surface area contributed by atoms with Crippen LogP contribution in [0, 0.1) is 0 Å². The Hall–Kier alpha value is -1.20. The number of anilines is 1. The Balaban J connectivity index is 2.91. The summed E-state index contributed by atoms with van der Waals surface area (Å²) >= 11 is 0. The summed E-state index contributed by atoms with van der Waals surface area (Å²) in [4.78, 5) is 10.7. The maximum absolute atomic E-state index is 5.66. The van der Waals surface area contributed by atoms with Crippen LogP contribution >= 0.6 is 0 Å². The first-order valence-electron chi connectivity index (χ1n) is 5.46. The number of methoxy groups -OCH3 is 1. The van der Waals surface area contributed by atoms with Gasteiger partial charge in [-0.25, -0.2) is 4.98 Å². The zero-order valence-electron chi connectivity index (χ0n) is 10.2. The zero-order valence-corrected chi connectivity index (χ0v) is 10.2. The fourth-order valence-corrected chi connectivity index (χ4v) is 1.54. The number of nitrogens with zero attached hydrogens (tertiary/aromatic N) is 3. The van der Waals surface area contributed by atoms with Crippen LogP contribution in [-0.4, -0.2) is 36.3 Å². The first-order valence-corrected chi connectivity index (χ1v) is 5.46. The van der Waals surface area contributed by atoms with Crippen LogP contribution in [0.15, 0.2) is 12.4 Å². The predicted molar refractivity (Wildman–Crippen MR) is 64.3 cm³/mol. The normalized spacial score (nSPS) is 10.8. The molecule has 1 aromatic heterocycles. The molecule has 0 saturated carbocycles. The Kier molecular flexibility index (Phi) is 5.14. The van der Waals surface area contributed by atoms with Crippen molar-refractivity contribution in [3.8, 4) is 0 Å². The van der Waals surface area contributed by atoms with Crippen molar-refractivity contribution in [2.45, 2.75) is 26.4 Å². The minimum Gasteiger partial charge on any atom is -0.383 e. The molecule has 0 unspecified atom stereocenters.